The van der Waals surface area contributed by atoms with Crippen LogP contribution in [0.3, 0.4) is 0 Å². The Labute approximate surface area is 178 Å². The van der Waals surface area contributed by atoms with E-state index < -0.39 is 0 Å². The summed E-state index contributed by atoms with van der Waals surface area (Å²) in [6.07, 6.45) is 0. The molecular weight excluding hydrogens is 348 g/mol. The van der Waals surface area contributed by atoms with Crippen molar-refractivity contribution < 1.29 is 0 Å². The second kappa shape index (κ2) is 8.13. The first-order chi connectivity index (χ1) is 13.5. The fourth-order valence-corrected chi connectivity index (χ4v) is 5.00. The van der Waals surface area contributed by atoms with E-state index in [1.807, 2.05) is 0 Å². The summed E-state index contributed by atoms with van der Waals surface area (Å²) < 4.78 is 0. The highest BCUT2D eigenvalue weighted by atomic mass is 14.3. The van der Waals surface area contributed by atoms with Crippen molar-refractivity contribution in [2.24, 2.45) is 0 Å². The van der Waals surface area contributed by atoms with Gasteiger partial charge in [-0.15, -0.1) is 0 Å². The van der Waals surface area contributed by atoms with Crippen LogP contribution in [0.1, 0.15) is 127 Å². The molecule has 0 aliphatic heterocycles. The molecule has 0 unspecified atom stereocenters. The molecule has 0 nitrogen and oxygen atoms in total. The van der Waals surface area contributed by atoms with Gasteiger partial charge in [-0.3, -0.25) is 0 Å². The number of benzene rings is 3. The van der Waals surface area contributed by atoms with Crippen molar-refractivity contribution in [1.82, 2.24) is 0 Å². The van der Waals surface area contributed by atoms with Crippen LogP contribution in [0.4, 0.5) is 0 Å². The van der Waals surface area contributed by atoms with Crippen LogP contribution in [0.5, 0.6) is 0 Å². The SMILES string of the molecule is CC(C)c1cc(C(C)C)c2c(ccc3cc(C(C)C)c(C(C)C)c(C(C)C)c32)c1. The lowest BCUT2D eigenvalue weighted by Gasteiger charge is -2.27. The van der Waals surface area contributed by atoms with Crippen LogP contribution < -0.4 is 0 Å². The lowest BCUT2D eigenvalue weighted by molar-refractivity contribution is 0.755. The summed E-state index contributed by atoms with van der Waals surface area (Å²) in [6, 6.07) is 12.1. The van der Waals surface area contributed by atoms with Gasteiger partial charge in [-0.25, -0.2) is 0 Å². The topological polar surface area (TPSA) is 0 Å². The van der Waals surface area contributed by atoms with Gasteiger partial charge < -0.3 is 0 Å². The van der Waals surface area contributed by atoms with Gasteiger partial charge in [0.05, 0.1) is 0 Å². The van der Waals surface area contributed by atoms with Gasteiger partial charge in [-0.2, -0.15) is 0 Å². The summed E-state index contributed by atoms with van der Waals surface area (Å²) in [4.78, 5) is 0. The summed E-state index contributed by atoms with van der Waals surface area (Å²) in [5.74, 6) is 2.63. The average molecular weight is 389 g/mol. The van der Waals surface area contributed by atoms with E-state index in [9.17, 15) is 0 Å². The Morgan fingerprint density at radius 3 is 1.41 bits per heavy atom. The Bertz CT molecular complexity index is 1030. The zero-order chi connectivity index (χ0) is 21.6. The number of hydrogen-bond acceptors (Lipinski definition) is 0. The van der Waals surface area contributed by atoms with Crippen molar-refractivity contribution in [1.29, 1.82) is 0 Å². The summed E-state index contributed by atoms with van der Waals surface area (Å²) >= 11 is 0. The van der Waals surface area contributed by atoms with Crippen LogP contribution in [0.25, 0.3) is 21.5 Å². The molecule has 0 aromatic heterocycles. The quantitative estimate of drug-likeness (QED) is 0.382. The zero-order valence-electron chi connectivity index (χ0n) is 20.3. The van der Waals surface area contributed by atoms with Gasteiger partial charge in [0.2, 0.25) is 0 Å². The van der Waals surface area contributed by atoms with Crippen molar-refractivity contribution in [3.8, 4) is 0 Å². The Morgan fingerprint density at radius 1 is 0.448 bits per heavy atom. The molecule has 0 aliphatic carbocycles. The van der Waals surface area contributed by atoms with Crippen LogP contribution in [-0.4, -0.2) is 0 Å². The molecule has 0 spiro atoms. The normalized spacial score (nSPS) is 12.7. The molecule has 3 aromatic rings. The first kappa shape index (κ1) is 21.9. The van der Waals surface area contributed by atoms with Crippen molar-refractivity contribution in [2.75, 3.05) is 0 Å². The van der Waals surface area contributed by atoms with E-state index in [0.717, 1.165) is 0 Å². The van der Waals surface area contributed by atoms with Crippen LogP contribution in [0, 0.1) is 0 Å². The van der Waals surface area contributed by atoms with Crippen molar-refractivity contribution in [2.45, 2.75) is 98.8 Å². The lowest BCUT2D eigenvalue weighted by Crippen LogP contribution is -2.07. The van der Waals surface area contributed by atoms with E-state index in [1.165, 1.54) is 38.2 Å². The first-order valence-corrected chi connectivity index (χ1v) is 11.6. The highest BCUT2D eigenvalue weighted by molar-refractivity contribution is 6.12. The van der Waals surface area contributed by atoms with E-state index in [2.05, 4.69) is 99.6 Å². The second-order valence-electron chi connectivity index (χ2n) is 10.4. The number of hydrogen-bond donors (Lipinski definition) is 0. The van der Waals surface area contributed by atoms with Gasteiger partial charge in [-0.1, -0.05) is 99.6 Å². The molecule has 0 fully saturated rings. The molecule has 0 saturated carbocycles. The second-order valence-corrected chi connectivity index (χ2v) is 10.4. The van der Waals surface area contributed by atoms with E-state index >= 15 is 0 Å². The molecular formula is C29H40. The molecule has 0 N–H and O–H groups in total. The predicted octanol–water partition coefficient (Wildman–Crippen LogP) is 9.61. The molecule has 0 radical (unpaired) electrons. The van der Waals surface area contributed by atoms with Gasteiger partial charge >= 0.3 is 0 Å². The maximum atomic E-state index is 2.49. The van der Waals surface area contributed by atoms with Gasteiger partial charge in [0.1, 0.15) is 0 Å². The van der Waals surface area contributed by atoms with E-state index in [0.29, 0.717) is 29.6 Å². The molecule has 0 atom stereocenters. The average Bonchev–Trinajstić information content (AvgIpc) is 2.64. The molecule has 0 heterocycles. The molecule has 0 heteroatoms. The molecule has 0 amide bonds. The van der Waals surface area contributed by atoms with E-state index in [4.69, 9.17) is 0 Å². The van der Waals surface area contributed by atoms with Gasteiger partial charge in [0, 0.05) is 0 Å². The van der Waals surface area contributed by atoms with Gasteiger partial charge in [-0.05, 0) is 79.0 Å². The molecule has 3 aromatic carbocycles. The van der Waals surface area contributed by atoms with Crippen molar-refractivity contribution in [3.05, 3.63) is 58.1 Å². The Balaban J connectivity index is 2.63. The highest BCUT2D eigenvalue weighted by Crippen LogP contribution is 2.44. The number of fused-ring (bicyclic) bond motifs is 3. The lowest BCUT2D eigenvalue weighted by atomic mass is 9.77. The minimum atomic E-state index is 0.504. The Hall–Kier alpha value is -1.82. The van der Waals surface area contributed by atoms with E-state index in [-0.39, 0.29) is 0 Å². The maximum Gasteiger partial charge on any atom is -0.00648 e. The molecule has 29 heavy (non-hydrogen) atoms. The fraction of sp³-hybridized carbons (Fsp3) is 0.517. The summed E-state index contributed by atoms with van der Waals surface area (Å²) in [5.41, 5.74) is 7.64. The third-order valence-electron chi connectivity index (χ3n) is 6.45. The van der Waals surface area contributed by atoms with Crippen molar-refractivity contribution >= 4 is 21.5 Å². The maximum absolute atomic E-state index is 2.49. The fourth-order valence-electron chi connectivity index (χ4n) is 5.00. The Morgan fingerprint density at radius 2 is 0.966 bits per heavy atom. The van der Waals surface area contributed by atoms with Gasteiger partial charge in [0.25, 0.3) is 0 Å². The van der Waals surface area contributed by atoms with Crippen LogP contribution in [-0.2, 0) is 0 Å². The summed E-state index contributed by atoms with van der Waals surface area (Å²) in [5, 5.41) is 5.81. The third kappa shape index (κ3) is 3.83. The standard InChI is InChI=1S/C29H40/c1-16(2)23-13-21-11-12-22-14-24(17(3)4)26(19(7)8)27(20(9)10)29(22)28(21)25(15-23)18(5)6/h11-20H,1-10H3. The third-order valence-corrected chi connectivity index (χ3v) is 6.45. The summed E-state index contributed by atoms with van der Waals surface area (Å²) in [7, 11) is 0. The summed E-state index contributed by atoms with van der Waals surface area (Å²) in [6.45, 7) is 23.5. The highest BCUT2D eigenvalue weighted by Gasteiger charge is 2.23. The van der Waals surface area contributed by atoms with Crippen LogP contribution >= 0.6 is 0 Å². The predicted molar refractivity (Wildman–Crippen MR) is 132 cm³/mol. The first-order valence-electron chi connectivity index (χ1n) is 11.6. The van der Waals surface area contributed by atoms with E-state index in [1.54, 1.807) is 11.1 Å². The minimum Gasteiger partial charge on any atom is -0.0587 e. The minimum absolute atomic E-state index is 0.504. The monoisotopic (exact) mass is 388 g/mol. The van der Waals surface area contributed by atoms with Crippen LogP contribution in [0.2, 0.25) is 0 Å². The molecule has 0 aliphatic rings. The molecule has 3 rings (SSSR count). The van der Waals surface area contributed by atoms with Crippen LogP contribution in [0.15, 0.2) is 30.3 Å². The molecule has 156 valence electrons. The largest absolute Gasteiger partial charge is 0.0587 e. The van der Waals surface area contributed by atoms with Crippen molar-refractivity contribution in [3.63, 3.8) is 0 Å². The number of rotatable bonds is 5. The zero-order valence-corrected chi connectivity index (χ0v) is 20.3. The molecule has 0 saturated heterocycles. The Kier molecular flexibility index (Phi) is 6.13. The van der Waals surface area contributed by atoms with Gasteiger partial charge in [0.15, 0.2) is 0 Å². The molecule has 0 bridgehead atoms. The smallest absolute Gasteiger partial charge is 0.00648 e.